The Kier molecular flexibility index (Phi) is 4.16. The summed E-state index contributed by atoms with van der Waals surface area (Å²) in [5.74, 6) is 1.36. The molecule has 0 saturated carbocycles. The van der Waals surface area contributed by atoms with E-state index in [1.807, 2.05) is 6.92 Å². The van der Waals surface area contributed by atoms with Crippen LogP contribution in [0, 0.1) is 20.8 Å². The molecule has 22 heavy (non-hydrogen) atoms. The SMILES string of the molecule is Cc1nnc([C@H](C)N2CCN(c3cccc(C)c3C)CC2)o1. The average molecular weight is 300 g/mol. The van der Waals surface area contributed by atoms with Crippen molar-refractivity contribution in [3.63, 3.8) is 0 Å². The van der Waals surface area contributed by atoms with Gasteiger partial charge in [-0.2, -0.15) is 0 Å². The van der Waals surface area contributed by atoms with Crippen molar-refractivity contribution in [1.82, 2.24) is 15.1 Å². The molecule has 118 valence electrons. The highest BCUT2D eigenvalue weighted by atomic mass is 16.4. The van der Waals surface area contributed by atoms with Gasteiger partial charge >= 0.3 is 0 Å². The lowest BCUT2D eigenvalue weighted by Gasteiger charge is -2.38. The molecule has 0 bridgehead atoms. The van der Waals surface area contributed by atoms with Crippen molar-refractivity contribution in [2.24, 2.45) is 0 Å². The third-order valence-corrected chi connectivity index (χ3v) is 4.68. The Morgan fingerprint density at radius 3 is 2.41 bits per heavy atom. The minimum atomic E-state index is 0.182. The molecule has 0 unspecified atom stereocenters. The fraction of sp³-hybridized carbons (Fsp3) is 0.529. The number of hydrogen-bond donors (Lipinski definition) is 0. The van der Waals surface area contributed by atoms with E-state index in [0.29, 0.717) is 5.89 Å². The second-order valence-electron chi connectivity index (χ2n) is 6.08. The molecule has 1 fully saturated rings. The van der Waals surface area contributed by atoms with Gasteiger partial charge in [0.25, 0.3) is 0 Å². The minimum absolute atomic E-state index is 0.182. The smallest absolute Gasteiger partial charge is 0.233 e. The van der Waals surface area contributed by atoms with Gasteiger partial charge in [0.1, 0.15) is 0 Å². The lowest BCUT2D eigenvalue weighted by Crippen LogP contribution is -2.47. The normalized spacial score (nSPS) is 17.7. The third kappa shape index (κ3) is 2.86. The van der Waals surface area contributed by atoms with E-state index in [9.17, 15) is 0 Å². The zero-order chi connectivity index (χ0) is 15.7. The highest BCUT2D eigenvalue weighted by molar-refractivity contribution is 5.56. The summed E-state index contributed by atoms with van der Waals surface area (Å²) in [6.07, 6.45) is 0. The van der Waals surface area contributed by atoms with Crippen LogP contribution in [-0.2, 0) is 0 Å². The summed E-state index contributed by atoms with van der Waals surface area (Å²) < 4.78 is 5.57. The van der Waals surface area contributed by atoms with Crippen LogP contribution in [0.4, 0.5) is 5.69 Å². The molecule has 0 spiro atoms. The second-order valence-corrected chi connectivity index (χ2v) is 6.08. The molecule has 0 aliphatic carbocycles. The number of benzene rings is 1. The topological polar surface area (TPSA) is 45.4 Å². The van der Waals surface area contributed by atoms with Crippen LogP contribution in [0.5, 0.6) is 0 Å². The summed E-state index contributed by atoms with van der Waals surface area (Å²) in [4.78, 5) is 4.89. The van der Waals surface area contributed by atoms with E-state index in [1.165, 1.54) is 16.8 Å². The molecule has 1 aromatic carbocycles. The Labute approximate surface area is 131 Å². The van der Waals surface area contributed by atoms with E-state index in [0.717, 1.165) is 32.1 Å². The van der Waals surface area contributed by atoms with Crippen molar-refractivity contribution >= 4 is 5.69 Å². The largest absolute Gasteiger partial charge is 0.424 e. The van der Waals surface area contributed by atoms with Gasteiger partial charge in [-0.15, -0.1) is 10.2 Å². The van der Waals surface area contributed by atoms with Gasteiger partial charge < -0.3 is 9.32 Å². The van der Waals surface area contributed by atoms with E-state index in [1.54, 1.807) is 0 Å². The van der Waals surface area contributed by atoms with Gasteiger partial charge in [-0.3, -0.25) is 4.90 Å². The first-order chi connectivity index (χ1) is 10.6. The van der Waals surface area contributed by atoms with Gasteiger partial charge in [0, 0.05) is 38.8 Å². The van der Waals surface area contributed by atoms with Gasteiger partial charge in [-0.25, -0.2) is 0 Å². The lowest BCUT2D eigenvalue weighted by atomic mass is 10.1. The van der Waals surface area contributed by atoms with Gasteiger partial charge in [0.2, 0.25) is 11.8 Å². The first-order valence-corrected chi connectivity index (χ1v) is 7.91. The highest BCUT2D eigenvalue weighted by Crippen LogP contribution is 2.26. The number of aromatic nitrogens is 2. The first kappa shape index (κ1) is 15.0. The summed E-state index contributed by atoms with van der Waals surface area (Å²) in [6.45, 7) is 12.4. The zero-order valence-electron chi connectivity index (χ0n) is 13.8. The van der Waals surface area contributed by atoms with Crippen LogP contribution < -0.4 is 4.90 Å². The summed E-state index contributed by atoms with van der Waals surface area (Å²) in [5.41, 5.74) is 4.10. The summed E-state index contributed by atoms with van der Waals surface area (Å²) in [7, 11) is 0. The summed E-state index contributed by atoms with van der Waals surface area (Å²) >= 11 is 0. The molecule has 1 saturated heterocycles. The monoisotopic (exact) mass is 300 g/mol. The van der Waals surface area contributed by atoms with Gasteiger partial charge in [0.15, 0.2) is 0 Å². The van der Waals surface area contributed by atoms with E-state index in [4.69, 9.17) is 4.42 Å². The molecule has 0 amide bonds. The maximum atomic E-state index is 5.57. The molecule has 5 nitrogen and oxygen atoms in total. The summed E-state index contributed by atoms with van der Waals surface area (Å²) in [6, 6.07) is 6.73. The highest BCUT2D eigenvalue weighted by Gasteiger charge is 2.25. The Hall–Kier alpha value is -1.88. The number of rotatable bonds is 3. The van der Waals surface area contributed by atoms with Crippen LogP contribution in [0.25, 0.3) is 0 Å². The van der Waals surface area contributed by atoms with Crippen LogP contribution in [0.3, 0.4) is 0 Å². The molecule has 1 aromatic heterocycles. The Morgan fingerprint density at radius 2 is 1.77 bits per heavy atom. The van der Waals surface area contributed by atoms with Crippen molar-refractivity contribution in [2.45, 2.75) is 33.7 Å². The molecule has 2 heterocycles. The maximum Gasteiger partial charge on any atom is 0.233 e. The molecule has 1 aliphatic heterocycles. The van der Waals surface area contributed by atoms with Crippen molar-refractivity contribution in [3.8, 4) is 0 Å². The molecule has 2 aromatic rings. The van der Waals surface area contributed by atoms with Crippen molar-refractivity contribution in [1.29, 1.82) is 0 Å². The molecule has 5 heteroatoms. The Balaban J connectivity index is 1.66. The number of nitrogens with zero attached hydrogens (tertiary/aromatic N) is 4. The van der Waals surface area contributed by atoms with Crippen LogP contribution in [0.15, 0.2) is 22.6 Å². The van der Waals surface area contributed by atoms with Gasteiger partial charge in [-0.05, 0) is 38.0 Å². The van der Waals surface area contributed by atoms with E-state index in [2.05, 4.69) is 59.0 Å². The number of aryl methyl sites for hydroxylation is 2. The fourth-order valence-corrected chi connectivity index (χ4v) is 3.07. The predicted octanol–water partition coefficient (Wildman–Crippen LogP) is 2.88. The molecule has 1 aliphatic rings. The molecular weight excluding hydrogens is 276 g/mol. The van der Waals surface area contributed by atoms with Gasteiger partial charge in [-0.1, -0.05) is 12.1 Å². The lowest BCUT2D eigenvalue weighted by molar-refractivity contribution is 0.172. The average Bonchev–Trinajstić information content (AvgIpc) is 2.96. The van der Waals surface area contributed by atoms with Crippen LogP contribution >= 0.6 is 0 Å². The quantitative estimate of drug-likeness (QED) is 0.872. The molecular formula is C17H24N4O. The van der Waals surface area contributed by atoms with E-state index >= 15 is 0 Å². The minimum Gasteiger partial charge on any atom is -0.424 e. The van der Waals surface area contributed by atoms with Crippen molar-refractivity contribution in [3.05, 3.63) is 41.1 Å². The molecule has 1 atom stereocenters. The maximum absolute atomic E-state index is 5.57. The van der Waals surface area contributed by atoms with Crippen LogP contribution in [0.2, 0.25) is 0 Å². The number of piperazine rings is 1. The van der Waals surface area contributed by atoms with Crippen LogP contribution in [-0.4, -0.2) is 41.3 Å². The predicted molar refractivity (Wildman–Crippen MR) is 87.2 cm³/mol. The first-order valence-electron chi connectivity index (χ1n) is 7.91. The van der Waals surface area contributed by atoms with Crippen molar-refractivity contribution < 1.29 is 4.42 Å². The third-order valence-electron chi connectivity index (χ3n) is 4.68. The second kappa shape index (κ2) is 6.08. The van der Waals surface area contributed by atoms with Crippen molar-refractivity contribution in [2.75, 3.05) is 31.1 Å². The van der Waals surface area contributed by atoms with E-state index < -0.39 is 0 Å². The van der Waals surface area contributed by atoms with E-state index in [-0.39, 0.29) is 6.04 Å². The molecule has 0 N–H and O–H groups in total. The number of hydrogen-bond acceptors (Lipinski definition) is 5. The molecule has 0 radical (unpaired) electrons. The summed E-state index contributed by atoms with van der Waals surface area (Å²) in [5, 5.41) is 8.08. The molecule has 3 rings (SSSR count). The Morgan fingerprint density at radius 1 is 1.05 bits per heavy atom. The van der Waals surface area contributed by atoms with Gasteiger partial charge in [0.05, 0.1) is 6.04 Å². The fourth-order valence-electron chi connectivity index (χ4n) is 3.07. The Bertz CT molecular complexity index is 644. The standard InChI is InChI=1S/C17H24N4O/c1-12-6-5-7-16(13(12)2)21-10-8-20(9-11-21)14(3)17-19-18-15(4)22-17/h5-7,14H,8-11H2,1-4H3/t14-/m0/s1. The number of anilines is 1. The zero-order valence-corrected chi connectivity index (χ0v) is 13.8. The van der Waals surface area contributed by atoms with Crippen LogP contribution in [0.1, 0.15) is 35.9 Å².